The lowest BCUT2D eigenvalue weighted by molar-refractivity contribution is -0.138. The lowest BCUT2D eigenvalue weighted by atomic mass is 9.80. The average molecular weight is 457 g/mol. The lowest BCUT2D eigenvalue weighted by Gasteiger charge is -2.29. The summed E-state index contributed by atoms with van der Waals surface area (Å²) in [6.07, 6.45) is -3.20. The number of nitrogens with zero attached hydrogens (tertiary/aromatic N) is 1. The van der Waals surface area contributed by atoms with Gasteiger partial charge in [-0.25, -0.2) is 4.79 Å². The minimum atomic E-state index is -4.48. The molecule has 1 atom stereocenters. The van der Waals surface area contributed by atoms with E-state index in [2.05, 4.69) is 5.32 Å². The van der Waals surface area contributed by atoms with Crippen LogP contribution in [0.15, 0.2) is 35.9 Å². The van der Waals surface area contributed by atoms with E-state index in [9.17, 15) is 27.6 Å². The SMILES string of the molecule is C/C(=C\CN(C)C(=O)C(NC(=O)CC(C)(C)c1cccc(C(F)(F)F)c1)C(C)C)C(=O)O. The number of aliphatic carboxylic acids is 1. The number of hydrogen-bond donors (Lipinski definition) is 2. The van der Waals surface area contributed by atoms with Crippen molar-refractivity contribution in [2.24, 2.45) is 5.92 Å². The van der Waals surface area contributed by atoms with Gasteiger partial charge in [0.1, 0.15) is 6.04 Å². The van der Waals surface area contributed by atoms with E-state index in [1.807, 2.05) is 0 Å². The number of carbonyl (C=O) groups is 3. The monoisotopic (exact) mass is 456 g/mol. The lowest BCUT2D eigenvalue weighted by Crippen LogP contribution is -2.51. The Morgan fingerprint density at radius 3 is 2.22 bits per heavy atom. The zero-order valence-corrected chi connectivity index (χ0v) is 19.2. The van der Waals surface area contributed by atoms with Gasteiger partial charge in [-0.05, 0) is 29.9 Å². The van der Waals surface area contributed by atoms with Crippen LogP contribution in [0.2, 0.25) is 0 Å². The van der Waals surface area contributed by atoms with Crippen molar-refractivity contribution in [3.05, 3.63) is 47.0 Å². The van der Waals surface area contributed by atoms with E-state index in [1.54, 1.807) is 33.8 Å². The first kappa shape index (κ1) is 27.2. The second-order valence-corrected chi connectivity index (χ2v) is 8.84. The second kappa shape index (κ2) is 10.7. The second-order valence-electron chi connectivity index (χ2n) is 8.84. The molecule has 0 aliphatic heterocycles. The van der Waals surface area contributed by atoms with Gasteiger partial charge in [0.15, 0.2) is 0 Å². The summed E-state index contributed by atoms with van der Waals surface area (Å²) in [6.45, 7) is 8.32. The summed E-state index contributed by atoms with van der Waals surface area (Å²) in [4.78, 5) is 37.7. The first-order valence-corrected chi connectivity index (χ1v) is 10.2. The number of likely N-dealkylation sites (N-methyl/N-ethyl adjacent to an activating group) is 1. The highest BCUT2D eigenvalue weighted by Gasteiger charge is 2.34. The number of carboxylic acid groups (broad SMARTS) is 1. The molecular formula is C23H31F3N2O4. The Kier molecular flexibility index (Phi) is 9.05. The highest BCUT2D eigenvalue weighted by Crippen LogP contribution is 2.34. The Balaban J connectivity index is 2.94. The Morgan fingerprint density at radius 2 is 1.72 bits per heavy atom. The molecule has 0 fully saturated rings. The summed E-state index contributed by atoms with van der Waals surface area (Å²) >= 11 is 0. The van der Waals surface area contributed by atoms with E-state index >= 15 is 0 Å². The largest absolute Gasteiger partial charge is 0.478 e. The van der Waals surface area contributed by atoms with Gasteiger partial charge < -0.3 is 15.3 Å². The molecule has 0 aliphatic rings. The zero-order chi connectivity index (χ0) is 24.9. The summed E-state index contributed by atoms with van der Waals surface area (Å²) in [5, 5.41) is 11.6. The summed E-state index contributed by atoms with van der Waals surface area (Å²) in [6, 6.07) is 3.99. The number of hydrogen-bond acceptors (Lipinski definition) is 3. The van der Waals surface area contributed by atoms with Crippen LogP contribution in [0.4, 0.5) is 13.2 Å². The molecule has 178 valence electrons. The van der Waals surface area contributed by atoms with E-state index in [0.29, 0.717) is 5.56 Å². The fourth-order valence-corrected chi connectivity index (χ4v) is 3.05. The highest BCUT2D eigenvalue weighted by molar-refractivity contribution is 5.89. The topological polar surface area (TPSA) is 86.7 Å². The Hall–Kier alpha value is -2.84. The van der Waals surface area contributed by atoms with Crippen molar-refractivity contribution in [2.75, 3.05) is 13.6 Å². The zero-order valence-electron chi connectivity index (χ0n) is 19.2. The molecule has 9 heteroatoms. The van der Waals surface area contributed by atoms with Crippen LogP contribution in [0.1, 0.15) is 52.2 Å². The molecule has 2 N–H and O–H groups in total. The van der Waals surface area contributed by atoms with Crippen LogP contribution in [0.5, 0.6) is 0 Å². The van der Waals surface area contributed by atoms with E-state index in [1.165, 1.54) is 31.0 Å². The number of carboxylic acids is 1. The summed E-state index contributed by atoms with van der Waals surface area (Å²) in [5.41, 5.74) is -1.23. The van der Waals surface area contributed by atoms with Crippen LogP contribution in [-0.4, -0.2) is 47.4 Å². The number of rotatable bonds is 9. The minimum Gasteiger partial charge on any atom is -0.478 e. The number of benzene rings is 1. The van der Waals surface area contributed by atoms with Gasteiger partial charge in [-0.3, -0.25) is 9.59 Å². The van der Waals surface area contributed by atoms with Crippen LogP contribution in [0, 0.1) is 5.92 Å². The maximum Gasteiger partial charge on any atom is 0.416 e. The third-order valence-electron chi connectivity index (χ3n) is 5.21. The number of alkyl halides is 3. The van der Waals surface area contributed by atoms with Crippen molar-refractivity contribution in [2.45, 2.75) is 58.7 Å². The Labute approximate surface area is 186 Å². The Morgan fingerprint density at radius 1 is 1.16 bits per heavy atom. The quantitative estimate of drug-likeness (QED) is 0.550. The molecule has 1 aromatic carbocycles. The third kappa shape index (κ3) is 7.69. The van der Waals surface area contributed by atoms with Crippen molar-refractivity contribution >= 4 is 17.8 Å². The molecule has 1 rings (SSSR count). The van der Waals surface area contributed by atoms with Crippen LogP contribution < -0.4 is 5.32 Å². The molecule has 0 bridgehead atoms. The standard InChI is InChI=1S/C23H31F3N2O4/c1-14(2)19(20(30)28(6)11-10-15(3)21(31)32)27-18(29)13-22(4,5)16-8-7-9-17(12-16)23(24,25)26/h7-10,12,14,19H,11,13H2,1-6H3,(H,27,29)(H,31,32)/b15-10+. The molecule has 0 spiro atoms. The molecular weight excluding hydrogens is 425 g/mol. The first-order chi connectivity index (χ1) is 14.6. The van der Waals surface area contributed by atoms with Crippen LogP contribution >= 0.6 is 0 Å². The predicted octanol–water partition coefficient (Wildman–Crippen LogP) is 4.00. The maximum atomic E-state index is 13.0. The highest BCUT2D eigenvalue weighted by atomic mass is 19.4. The molecule has 0 heterocycles. The molecule has 0 saturated carbocycles. The third-order valence-corrected chi connectivity index (χ3v) is 5.21. The fraction of sp³-hybridized carbons (Fsp3) is 0.522. The molecule has 1 aromatic rings. The van der Waals surface area contributed by atoms with Crippen molar-refractivity contribution in [1.29, 1.82) is 0 Å². The van der Waals surface area contributed by atoms with Crippen molar-refractivity contribution in [3.63, 3.8) is 0 Å². The van der Waals surface area contributed by atoms with E-state index < -0.39 is 35.1 Å². The minimum absolute atomic E-state index is 0.0613. The van der Waals surface area contributed by atoms with Crippen LogP contribution in [-0.2, 0) is 26.0 Å². The van der Waals surface area contributed by atoms with Crippen molar-refractivity contribution in [3.8, 4) is 0 Å². The molecule has 2 amide bonds. The van der Waals surface area contributed by atoms with Crippen molar-refractivity contribution in [1.82, 2.24) is 10.2 Å². The van der Waals surface area contributed by atoms with Gasteiger partial charge in [0, 0.05) is 25.6 Å². The average Bonchev–Trinajstić information content (AvgIpc) is 2.68. The van der Waals surface area contributed by atoms with E-state index in [4.69, 9.17) is 5.11 Å². The van der Waals surface area contributed by atoms with Gasteiger partial charge in [-0.1, -0.05) is 52.0 Å². The predicted molar refractivity (Wildman–Crippen MR) is 115 cm³/mol. The Bertz CT molecular complexity index is 876. The molecule has 6 nitrogen and oxygen atoms in total. The number of halogens is 3. The summed E-state index contributed by atoms with van der Waals surface area (Å²) in [5.74, 6) is -2.20. The first-order valence-electron chi connectivity index (χ1n) is 10.2. The fourth-order valence-electron chi connectivity index (χ4n) is 3.05. The van der Waals surface area contributed by atoms with E-state index in [-0.39, 0.29) is 30.4 Å². The molecule has 1 unspecified atom stereocenters. The summed E-state index contributed by atoms with van der Waals surface area (Å²) in [7, 11) is 1.50. The molecule has 32 heavy (non-hydrogen) atoms. The van der Waals surface area contributed by atoms with Gasteiger partial charge in [-0.15, -0.1) is 0 Å². The van der Waals surface area contributed by atoms with Gasteiger partial charge in [0.2, 0.25) is 11.8 Å². The van der Waals surface area contributed by atoms with Gasteiger partial charge in [0.05, 0.1) is 5.56 Å². The molecule has 0 radical (unpaired) electrons. The van der Waals surface area contributed by atoms with Gasteiger partial charge in [-0.2, -0.15) is 13.2 Å². The molecule has 0 saturated heterocycles. The number of amides is 2. The number of nitrogens with one attached hydrogen (secondary N) is 1. The van der Waals surface area contributed by atoms with Crippen molar-refractivity contribution < 1.29 is 32.7 Å². The van der Waals surface area contributed by atoms with Crippen LogP contribution in [0.25, 0.3) is 0 Å². The maximum absolute atomic E-state index is 13.0. The van der Waals surface area contributed by atoms with Gasteiger partial charge in [0.25, 0.3) is 0 Å². The molecule has 0 aromatic heterocycles. The van der Waals surface area contributed by atoms with Crippen LogP contribution in [0.3, 0.4) is 0 Å². The van der Waals surface area contributed by atoms with Gasteiger partial charge >= 0.3 is 12.1 Å². The van der Waals surface area contributed by atoms with E-state index in [0.717, 1.165) is 12.1 Å². The molecule has 0 aliphatic carbocycles. The number of carbonyl (C=O) groups excluding carboxylic acids is 2. The summed E-state index contributed by atoms with van der Waals surface area (Å²) < 4.78 is 39.1. The smallest absolute Gasteiger partial charge is 0.416 e. The normalized spacial score (nSPS) is 13.6.